The van der Waals surface area contributed by atoms with Crippen LogP contribution in [-0.4, -0.2) is 15.0 Å². The van der Waals surface area contributed by atoms with Gasteiger partial charge in [0.15, 0.2) is 11.5 Å². The van der Waals surface area contributed by atoms with Crippen LogP contribution in [-0.2, 0) is 10.1 Å². The third kappa shape index (κ3) is 4.03. The van der Waals surface area contributed by atoms with Gasteiger partial charge in [0.05, 0.1) is 18.2 Å². The molecule has 0 saturated carbocycles. The molecule has 5 nitrogen and oxygen atoms in total. The summed E-state index contributed by atoms with van der Waals surface area (Å²) in [5.41, 5.74) is 1.14. The molecule has 23 heavy (non-hydrogen) atoms. The van der Waals surface area contributed by atoms with Crippen LogP contribution in [0.25, 0.3) is 0 Å². The lowest BCUT2D eigenvalue weighted by Gasteiger charge is -2.12. The first-order valence-corrected chi connectivity index (χ1v) is 8.95. The van der Waals surface area contributed by atoms with Crippen molar-refractivity contribution in [3.63, 3.8) is 0 Å². The first-order valence-electron chi connectivity index (χ1n) is 6.75. The van der Waals surface area contributed by atoms with Crippen LogP contribution >= 0.6 is 15.9 Å². The molecule has 2 aromatic rings. The lowest BCUT2D eigenvalue weighted by molar-refractivity contribution is 0.327. The van der Waals surface area contributed by atoms with Gasteiger partial charge in [0, 0.05) is 10.5 Å². The van der Waals surface area contributed by atoms with Crippen LogP contribution in [0.1, 0.15) is 18.1 Å². The molecule has 0 bridgehead atoms. The highest BCUT2D eigenvalue weighted by Crippen LogP contribution is 2.31. The zero-order valence-corrected chi connectivity index (χ0v) is 14.9. The fraction of sp³-hybridized carbons (Fsp3) is 0.188. The van der Waals surface area contributed by atoms with Crippen LogP contribution in [0, 0.1) is 18.3 Å². The van der Waals surface area contributed by atoms with Crippen molar-refractivity contribution in [2.45, 2.75) is 18.7 Å². The van der Waals surface area contributed by atoms with Crippen LogP contribution in [0.4, 0.5) is 0 Å². The molecule has 0 aromatic heterocycles. The molecule has 0 amide bonds. The van der Waals surface area contributed by atoms with Gasteiger partial charge in [0.1, 0.15) is 4.90 Å². The molecule has 7 heteroatoms. The number of nitrogens with zero attached hydrogens (tertiary/aromatic N) is 1. The van der Waals surface area contributed by atoms with Crippen LogP contribution in [0.3, 0.4) is 0 Å². The van der Waals surface area contributed by atoms with Gasteiger partial charge in [0.25, 0.3) is 0 Å². The molecule has 0 spiro atoms. The summed E-state index contributed by atoms with van der Waals surface area (Å²) < 4.78 is 36.2. The molecule has 0 atom stereocenters. The number of hydrogen-bond acceptors (Lipinski definition) is 5. The molecular weight excluding hydrogens is 382 g/mol. The second kappa shape index (κ2) is 7.02. The highest BCUT2D eigenvalue weighted by atomic mass is 79.9. The monoisotopic (exact) mass is 395 g/mol. The second-order valence-electron chi connectivity index (χ2n) is 4.65. The van der Waals surface area contributed by atoms with E-state index in [-0.39, 0.29) is 16.4 Å². The minimum absolute atomic E-state index is 0.0463. The van der Waals surface area contributed by atoms with Crippen molar-refractivity contribution in [1.82, 2.24) is 0 Å². The van der Waals surface area contributed by atoms with E-state index in [4.69, 9.17) is 14.2 Å². The van der Waals surface area contributed by atoms with Crippen LogP contribution in [0.15, 0.2) is 45.8 Å². The molecule has 0 saturated heterocycles. The van der Waals surface area contributed by atoms with Crippen molar-refractivity contribution in [3.8, 4) is 17.6 Å². The third-order valence-corrected chi connectivity index (χ3v) is 5.11. The number of aryl methyl sites for hydroxylation is 1. The van der Waals surface area contributed by atoms with E-state index in [0.29, 0.717) is 12.2 Å². The van der Waals surface area contributed by atoms with Crippen molar-refractivity contribution in [1.29, 1.82) is 5.26 Å². The van der Waals surface area contributed by atoms with Gasteiger partial charge in [-0.1, -0.05) is 15.9 Å². The van der Waals surface area contributed by atoms with Crippen molar-refractivity contribution < 1.29 is 17.3 Å². The third-order valence-electron chi connectivity index (χ3n) is 2.99. The van der Waals surface area contributed by atoms with Gasteiger partial charge in [-0.15, -0.1) is 0 Å². The first kappa shape index (κ1) is 17.3. The number of hydrogen-bond donors (Lipinski definition) is 0. The van der Waals surface area contributed by atoms with E-state index in [2.05, 4.69) is 15.9 Å². The van der Waals surface area contributed by atoms with Crippen LogP contribution in [0.5, 0.6) is 11.5 Å². The molecule has 0 aliphatic rings. The summed E-state index contributed by atoms with van der Waals surface area (Å²) in [6, 6.07) is 10.9. The Morgan fingerprint density at radius 3 is 2.52 bits per heavy atom. The maximum atomic E-state index is 12.4. The molecule has 0 heterocycles. The Morgan fingerprint density at radius 2 is 1.91 bits per heavy atom. The average Bonchev–Trinajstić information content (AvgIpc) is 2.51. The fourth-order valence-electron chi connectivity index (χ4n) is 1.85. The van der Waals surface area contributed by atoms with E-state index in [9.17, 15) is 8.42 Å². The van der Waals surface area contributed by atoms with Gasteiger partial charge in [-0.3, -0.25) is 0 Å². The summed E-state index contributed by atoms with van der Waals surface area (Å²) in [7, 11) is -4.00. The van der Waals surface area contributed by atoms with E-state index in [1.165, 1.54) is 30.3 Å². The number of rotatable bonds is 5. The van der Waals surface area contributed by atoms with Crippen LogP contribution in [0.2, 0.25) is 0 Å². The first-order chi connectivity index (χ1) is 10.9. The van der Waals surface area contributed by atoms with E-state index >= 15 is 0 Å². The molecule has 0 aliphatic heterocycles. The van der Waals surface area contributed by atoms with E-state index < -0.39 is 10.1 Å². The van der Waals surface area contributed by atoms with Gasteiger partial charge < -0.3 is 8.92 Å². The predicted molar refractivity (Wildman–Crippen MR) is 89.0 cm³/mol. The molecule has 0 radical (unpaired) electrons. The van der Waals surface area contributed by atoms with Gasteiger partial charge in [-0.25, -0.2) is 0 Å². The average molecular weight is 396 g/mol. The molecule has 0 N–H and O–H groups in total. The maximum Gasteiger partial charge on any atom is 0.339 e. The predicted octanol–water partition coefficient (Wildman–Crippen LogP) is 3.80. The standard InChI is InChI=1S/C16H14BrNO4S/c1-3-21-16-9-12(10-18)4-7-15(16)22-23(19,20)13-5-6-14(17)11(2)8-13/h4-9H,3H2,1-2H3. The van der Waals surface area contributed by atoms with E-state index in [0.717, 1.165) is 10.0 Å². The summed E-state index contributed by atoms with van der Waals surface area (Å²) in [4.78, 5) is 0.0463. The summed E-state index contributed by atoms with van der Waals surface area (Å²) in [5, 5.41) is 8.92. The Hall–Kier alpha value is -2.04. The molecule has 0 aliphatic carbocycles. The quantitative estimate of drug-likeness (QED) is 0.719. The zero-order chi connectivity index (χ0) is 17.0. The largest absolute Gasteiger partial charge is 0.490 e. The summed E-state index contributed by atoms with van der Waals surface area (Å²) in [5.74, 6) is 0.260. The summed E-state index contributed by atoms with van der Waals surface area (Å²) in [6.45, 7) is 3.87. The van der Waals surface area contributed by atoms with Crippen molar-refractivity contribution in [2.75, 3.05) is 6.61 Å². The van der Waals surface area contributed by atoms with E-state index in [1.807, 2.05) is 6.07 Å². The van der Waals surface area contributed by atoms with Gasteiger partial charge in [-0.2, -0.15) is 13.7 Å². The van der Waals surface area contributed by atoms with Gasteiger partial charge in [0.2, 0.25) is 0 Å². The van der Waals surface area contributed by atoms with Crippen molar-refractivity contribution in [2.24, 2.45) is 0 Å². The second-order valence-corrected chi connectivity index (χ2v) is 7.06. The number of halogens is 1. The summed E-state index contributed by atoms with van der Waals surface area (Å²) >= 11 is 3.32. The number of nitriles is 1. The SMILES string of the molecule is CCOc1cc(C#N)ccc1OS(=O)(=O)c1ccc(Br)c(C)c1. The maximum absolute atomic E-state index is 12.4. The van der Waals surface area contributed by atoms with E-state index in [1.54, 1.807) is 19.9 Å². The lowest BCUT2D eigenvalue weighted by atomic mass is 10.2. The topological polar surface area (TPSA) is 76.4 Å². The minimum Gasteiger partial charge on any atom is -0.490 e. The molecular formula is C16H14BrNO4S. The summed E-state index contributed by atoms with van der Waals surface area (Å²) in [6.07, 6.45) is 0. The molecule has 120 valence electrons. The highest BCUT2D eigenvalue weighted by molar-refractivity contribution is 9.10. The van der Waals surface area contributed by atoms with Crippen molar-refractivity contribution >= 4 is 26.0 Å². The molecule has 2 rings (SSSR count). The minimum atomic E-state index is -4.00. The van der Waals surface area contributed by atoms with Crippen molar-refractivity contribution in [3.05, 3.63) is 52.0 Å². The van der Waals surface area contributed by atoms with Gasteiger partial charge >= 0.3 is 10.1 Å². The number of ether oxygens (including phenoxy) is 1. The number of benzene rings is 2. The Bertz CT molecular complexity index is 872. The smallest absolute Gasteiger partial charge is 0.339 e. The van der Waals surface area contributed by atoms with Crippen LogP contribution < -0.4 is 8.92 Å². The lowest BCUT2D eigenvalue weighted by Crippen LogP contribution is -2.11. The molecule has 0 unspecified atom stereocenters. The van der Waals surface area contributed by atoms with Gasteiger partial charge in [-0.05, 0) is 49.7 Å². The fourth-order valence-corrected chi connectivity index (χ4v) is 3.13. The zero-order valence-electron chi connectivity index (χ0n) is 12.5. The highest BCUT2D eigenvalue weighted by Gasteiger charge is 2.20. The Labute approximate surface area is 143 Å². The Kier molecular flexibility index (Phi) is 5.29. The Morgan fingerprint density at radius 1 is 1.17 bits per heavy atom. The Balaban J connectivity index is 2.40. The molecule has 0 fully saturated rings. The molecule has 2 aromatic carbocycles. The normalized spacial score (nSPS) is 10.9.